The third-order valence-corrected chi connectivity index (χ3v) is 4.61. The highest BCUT2D eigenvalue weighted by atomic mass is 32.1. The van der Waals surface area contributed by atoms with Crippen LogP contribution >= 0.6 is 12.2 Å². The maximum absolute atomic E-state index is 5.91. The van der Waals surface area contributed by atoms with Crippen LogP contribution in [0.15, 0.2) is 6.07 Å². The van der Waals surface area contributed by atoms with Gasteiger partial charge in [-0.25, -0.2) is 4.98 Å². The van der Waals surface area contributed by atoms with Gasteiger partial charge in [-0.1, -0.05) is 12.2 Å². The van der Waals surface area contributed by atoms with Crippen molar-refractivity contribution < 1.29 is 4.74 Å². The van der Waals surface area contributed by atoms with Crippen LogP contribution in [0.25, 0.3) is 0 Å². The second kappa shape index (κ2) is 6.28. The standard InChI is InChI=1S/C16H23N3OS/c1-10-8-12(6-7-20-10)18-16-13(15(17)21)9-11-4-2-3-5-14(11)19-16/h9-10,12H,2-8H2,1H3,(H2,17,21)(H,18,19). The lowest BCUT2D eigenvalue weighted by molar-refractivity contribution is 0.0232. The number of rotatable bonds is 3. The number of aryl methyl sites for hydroxylation is 2. The Kier molecular flexibility index (Phi) is 4.40. The first-order chi connectivity index (χ1) is 10.1. The number of anilines is 1. The first-order valence-electron chi connectivity index (χ1n) is 7.84. The fourth-order valence-corrected chi connectivity index (χ4v) is 3.41. The number of nitrogens with zero attached hydrogens (tertiary/aromatic N) is 1. The quantitative estimate of drug-likeness (QED) is 0.841. The summed E-state index contributed by atoms with van der Waals surface area (Å²) >= 11 is 5.22. The number of aromatic nitrogens is 1. The lowest BCUT2D eigenvalue weighted by atomic mass is 9.94. The Bertz CT molecular complexity index is 547. The minimum absolute atomic E-state index is 0.294. The SMILES string of the molecule is CC1CC(Nc2nc3c(cc2C(N)=S)CCCC3)CCO1. The van der Waals surface area contributed by atoms with Crippen LogP contribution in [0, 0.1) is 0 Å². The van der Waals surface area contributed by atoms with Gasteiger partial charge in [0.05, 0.1) is 11.7 Å². The van der Waals surface area contributed by atoms with E-state index in [0.717, 1.165) is 43.7 Å². The molecule has 114 valence electrons. The summed E-state index contributed by atoms with van der Waals surface area (Å²) in [6.07, 6.45) is 6.89. The molecule has 4 nitrogen and oxygen atoms in total. The zero-order valence-corrected chi connectivity index (χ0v) is 13.3. The van der Waals surface area contributed by atoms with Gasteiger partial charge >= 0.3 is 0 Å². The molecule has 0 amide bonds. The van der Waals surface area contributed by atoms with Gasteiger partial charge in [-0.2, -0.15) is 0 Å². The van der Waals surface area contributed by atoms with E-state index in [1.54, 1.807) is 0 Å². The van der Waals surface area contributed by atoms with Crippen molar-refractivity contribution in [3.8, 4) is 0 Å². The van der Waals surface area contributed by atoms with E-state index in [4.69, 9.17) is 27.7 Å². The molecular formula is C16H23N3OS. The van der Waals surface area contributed by atoms with Gasteiger partial charge in [-0.15, -0.1) is 0 Å². The van der Waals surface area contributed by atoms with Gasteiger partial charge in [0.1, 0.15) is 10.8 Å². The second-order valence-electron chi connectivity index (χ2n) is 6.11. The van der Waals surface area contributed by atoms with Crippen LogP contribution in [0.5, 0.6) is 0 Å². The van der Waals surface area contributed by atoms with Crippen molar-refractivity contribution in [3.63, 3.8) is 0 Å². The Balaban J connectivity index is 1.87. The molecule has 0 spiro atoms. The molecule has 3 rings (SSSR count). The molecule has 1 aromatic heterocycles. The van der Waals surface area contributed by atoms with Gasteiger partial charge in [0, 0.05) is 18.3 Å². The van der Waals surface area contributed by atoms with E-state index in [-0.39, 0.29) is 0 Å². The molecule has 0 radical (unpaired) electrons. The van der Waals surface area contributed by atoms with E-state index in [1.807, 2.05) is 0 Å². The van der Waals surface area contributed by atoms with Crippen LogP contribution in [0.4, 0.5) is 5.82 Å². The molecular weight excluding hydrogens is 282 g/mol. The molecule has 2 atom stereocenters. The number of fused-ring (bicyclic) bond motifs is 1. The summed E-state index contributed by atoms with van der Waals surface area (Å²) in [5.74, 6) is 0.863. The Hall–Kier alpha value is -1.20. The molecule has 2 unspecified atom stereocenters. The third-order valence-electron chi connectivity index (χ3n) is 4.39. The van der Waals surface area contributed by atoms with Gasteiger partial charge in [0.25, 0.3) is 0 Å². The molecule has 1 aliphatic carbocycles. The normalized spacial score (nSPS) is 25.2. The van der Waals surface area contributed by atoms with Crippen molar-refractivity contribution >= 4 is 23.0 Å². The summed E-state index contributed by atoms with van der Waals surface area (Å²) in [5, 5.41) is 3.55. The number of thiocarbonyl (C=S) groups is 1. The fraction of sp³-hybridized carbons (Fsp3) is 0.625. The van der Waals surface area contributed by atoms with E-state index < -0.39 is 0 Å². The molecule has 21 heavy (non-hydrogen) atoms. The van der Waals surface area contributed by atoms with Crippen LogP contribution in [-0.2, 0) is 17.6 Å². The fourth-order valence-electron chi connectivity index (χ4n) is 3.25. The van der Waals surface area contributed by atoms with E-state index in [0.29, 0.717) is 17.1 Å². The monoisotopic (exact) mass is 305 g/mol. The van der Waals surface area contributed by atoms with E-state index in [2.05, 4.69) is 18.3 Å². The van der Waals surface area contributed by atoms with Gasteiger partial charge < -0.3 is 15.8 Å². The smallest absolute Gasteiger partial charge is 0.136 e. The zero-order chi connectivity index (χ0) is 14.8. The van der Waals surface area contributed by atoms with E-state index in [9.17, 15) is 0 Å². The van der Waals surface area contributed by atoms with Gasteiger partial charge in [0.2, 0.25) is 0 Å². The van der Waals surface area contributed by atoms with Gasteiger partial charge in [0.15, 0.2) is 0 Å². The molecule has 1 aliphatic heterocycles. The largest absolute Gasteiger partial charge is 0.389 e. The van der Waals surface area contributed by atoms with Crippen molar-refractivity contribution in [2.45, 2.75) is 57.6 Å². The molecule has 0 aromatic carbocycles. The predicted molar refractivity (Wildman–Crippen MR) is 88.8 cm³/mol. The number of hydrogen-bond acceptors (Lipinski definition) is 4. The Morgan fingerprint density at radius 3 is 3.00 bits per heavy atom. The lowest BCUT2D eigenvalue weighted by Gasteiger charge is -2.29. The van der Waals surface area contributed by atoms with Crippen LogP contribution in [0.1, 0.15) is 49.4 Å². The first-order valence-corrected chi connectivity index (χ1v) is 8.25. The molecule has 5 heteroatoms. The second-order valence-corrected chi connectivity index (χ2v) is 6.55. The highest BCUT2D eigenvalue weighted by Crippen LogP contribution is 2.26. The topological polar surface area (TPSA) is 60.2 Å². The molecule has 1 aromatic rings. The maximum Gasteiger partial charge on any atom is 0.136 e. The number of hydrogen-bond donors (Lipinski definition) is 2. The van der Waals surface area contributed by atoms with Crippen molar-refractivity contribution in [3.05, 3.63) is 22.9 Å². The molecule has 0 bridgehead atoms. The van der Waals surface area contributed by atoms with Crippen molar-refractivity contribution in [1.29, 1.82) is 0 Å². The lowest BCUT2D eigenvalue weighted by Crippen LogP contribution is -2.33. The van der Waals surface area contributed by atoms with Gasteiger partial charge in [-0.05, 0) is 57.1 Å². The van der Waals surface area contributed by atoms with Crippen molar-refractivity contribution in [2.75, 3.05) is 11.9 Å². The Labute approximate surface area is 131 Å². The summed E-state index contributed by atoms with van der Waals surface area (Å²) in [4.78, 5) is 5.26. The molecule has 2 heterocycles. The van der Waals surface area contributed by atoms with Crippen LogP contribution in [0.2, 0.25) is 0 Å². The van der Waals surface area contributed by atoms with Crippen LogP contribution < -0.4 is 11.1 Å². The maximum atomic E-state index is 5.91. The molecule has 1 fully saturated rings. The summed E-state index contributed by atoms with van der Waals surface area (Å²) in [6, 6.07) is 2.53. The Morgan fingerprint density at radius 1 is 1.43 bits per heavy atom. The van der Waals surface area contributed by atoms with Crippen molar-refractivity contribution in [1.82, 2.24) is 4.98 Å². The molecule has 2 aliphatic rings. The van der Waals surface area contributed by atoms with Crippen molar-refractivity contribution in [2.24, 2.45) is 5.73 Å². The molecule has 3 N–H and O–H groups in total. The number of ether oxygens (including phenoxy) is 1. The molecule has 1 saturated heterocycles. The average molecular weight is 305 g/mol. The van der Waals surface area contributed by atoms with E-state index >= 15 is 0 Å². The zero-order valence-electron chi connectivity index (χ0n) is 12.5. The highest BCUT2D eigenvalue weighted by Gasteiger charge is 2.22. The van der Waals surface area contributed by atoms with E-state index in [1.165, 1.54) is 24.1 Å². The van der Waals surface area contributed by atoms with Crippen LogP contribution in [0.3, 0.4) is 0 Å². The summed E-state index contributed by atoms with van der Waals surface area (Å²) < 4.78 is 5.60. The Morgan fingerprint density at radius 2 is 2.24 bits per heavy atom. The number of nitrogens with one attached hydrogen (secondary N) is 1. The minimum atomic E-state index is 0.294. The number of pyridine rings is 1. The molecule has 0 saturated carbocycles. The summed E-state index contributed by atoms with van der Waals surface area (Å²) in [7, 11) is 0. The van der Waals surface area contributed by atoms with Gasteiger partial charge in [-0.3, -0.25) is 0 Å². The average Bonchev–Trinajstić information content (AvgIpc) is 2.46. The summed E-state index contributed by atoms with van der Waals surface area (Å²) in [6.45, 7) is 2.91. The summed E-state index contributed by atoms with van der Waals surface area (Å²) in [5.41, 5.74) is 9.33. The third kappa shape index (κ3) is 3.35. The predicted octanol–water partition coefficient (Wildman–Crippen LogP) is 2.57. The first kappa shape index (κ1) is 14.7. The highest BCUT2D eigenvalue weighted by molar-refractivity contribution is 7.80. The number of nitrogens with two attached hydrogens (primary N) is 1. The minimum Gasteiger partial charge on any atom is -0.389 e. The van der Waals surface area contributed by atoms with Crippen LogP contribution in [-0.4, -0.2) is 28.7 Å².